The lowest BCUT2D eigenvalue weighted by Crippen LogP contribution is -2.35. The Kier molecular flexibility index (Phi) is 4.60. The van der Waals surface area contributed by atoms with Gasteiger partial charge in [0.1, 0.15) is 0 Å². The maximum atomic E-state index is 11.7. The minimum atomic E-state index is -0.0305. The van der Waals surface area contributed by atoms with Crippen LogP contribution in [0.5, 0.6) is 0 Å². The average molecular weight is 288 g/mol. The topological polar surface area (TPSA) is 41.1 Å². The summed E-state index contributed by atoms with van der Waals surface area (Å²) in [4.78, 5) is 11.7. The standard InChI is InChI=1S/C18H28N2O/c1-12-8-15(11-18(3,4)10-12)20-16-7-6-14(9-13(16)2)17(21)19-5/h6-7,9,12,15,20H,8,10-11H2,1-5H3,(H,19,21). The van der Waals surface area contributed by atoms with Crippen molar-refractivity contribution in [3.8, 4) is 0 Å². The molecular weight excluding hydrogens is 260 g/mol. The van der Waals surface area contributed by atoms with E-state index in [9.17, 15) is 4.79 Å². The highest BCUT2D eigenvalue weighted by molar-refractivity contribution is 5.94. The Hall–Kier alpha value is -1.51. The van der Waals surface area contributed by atoms with Crippen molar-refractivity contribution in [2.24, 2.45) is 11.3 Å². The average Bonchev–Trinajstić information content (AvgIpc) is 2.37. The second kappa shape index (κ2) is 6.08. The van der Waals surface area contributed by atoms with E-state index < -0.39 is 0 Å². The molecule has 2 rings (SSSR count). The zero-order valence-corrected chi connectivity index (χ0v) is 13.9. The van der Waals surface area contributed by atoms with E-state index in [1.807, 2.05) is 18.2 Å². The summed E-state index contributed by atoms with van der Waals surface area (Å²) in [5.74, 6) is 0.730. The van der Waals surface area contributed by atoms with Crippen LogP contribution in [0, 0.1) is 18.3 Å². The molecule has 116 valence electrons. The molecule has 0 saturated heterocycles. The van der Waals surface area contributed by atoms with Gasteiger partial charge in [0.15, 0.2) is 0 Å². The van der Waals surface area contributed by atoms with Crippen LogP contribution in [0.4, 0.5) is 5.69 Å². The number of aryl methyl sites for hydroxylation is 1. The van der Waals surface area contributed by atoms with Gasteiger partial charge in [-0.2, -0.15) is 0 Å². The molecule has 1 amide bonds. The molecule has 3 heteroatoms. The lowest BCUT2D eigenvalue weighted by molar-refractivity contribution is 0.0963. The molecule has 0 heterocycles. The van der Waals surface area contributed by atoms with Crippen LogP contribution in [0.3, 0.4) is 0 Å². The Morgan fingerprint density at radius 3 is 2.57 bits per heavy atom. The molecule has 0 bridgehead atoms. The normalized spacial score (nSPS) is 24.4. The highest BCUT2D eigenvalue weighted by atomic mass is 16.1. The van der Waals surface area contributed by atoms with Gasteiger partial charge in [-0.25, -0.2) is 0 Å². The molecule has 3 nitrogen and oxygen atoms in total. The zero-order chi connectivity index (χ0) is 15.6. The Morgan fingerprint density at radius 1 is 1.29 bits per heavy atom. The predicted molar refractivity (Wildman–Crippen MR) is 88.8 cm³/mol. The lowest BCUT2D eigenvalue weighted by Gasteiger charge is -2.39. The van der Waals surface area contributed by atoms with E-state index in [-0.39, 0.29) is 5.91 Å². The van der Waals surface area contributed by atoms with Crippen LogP contribution in [0.1, 0.15) is 56.0 Å². The number of hydrogen-bond donors (Lipinski definition) is 2. The highest BCUT2D eigenvalue weighted by Gasteiger charge is 2.32. The molecule has 1 aliphatic carbocycles. The van der Waals surface area contributed by atoms with E-state index in [1.165, 1.54) is 19.3 Å². The minimum absolute atomic E-state index is 0.0305. The summed E-state index contributed by atoms with van der Waals surface area (Å²) < 4.78 is 0. The van der Waals surface area contributed by atoms with E-state index >= 15 is 0 Å². The van der Waals surface area contributed by atoms with E-state index in [1.54, 1.807) is 7.05 Å². The maximum Gasteiger partial charge on any atom is 0.251 e. The fraction of sp³-hybridized carbons (Fsp3) is 0.611. The summed E-state index contributed by atoms with van der Waals surface area (Å²) in [6.07, 6.45) is 3.73. The SMILES string of the molecule is CNC(=O)c1ccc(NC2CC(C)CC(C)(C)C2)c(C)c1. The number of rotatable bonds is 3. The molecule has 1 saturated carbocycles. The molecule has 2 unspecified atom stereocenters. The van der Waals surface area contributed by atoms with Crippen LogP contribution in [0.2, 0.25) is 0 Å². The van der Waals surface area contributed by atoms with Gasteiger partial charge in [-0.3, -0.25) is 4.79 Å². The first-order valence-electron chi connectivity index (χ1n) is 7.90. The number of nitrogens with one attached hydrogen (secondary N) is 2. The first kappa shape index (κ1) is 15.9. The highest BCUT2D eigenvalue weighted by Crippen LogP contribution is 2.39. The number of hydrogen-bond acceptors (Lipinski definition) is 2. The third-order valence-corrected chi connectivity index (χ3v) is 4.46. The molecule has 1 fully saturated rings. The summed E-state index contributed by atoms with van der Waals surface area (Å²) in [5.41, 5.74) is 3.41. The van der Waals surface area contributed by atoms with Gasteiger partial charge in [-0.05, 0) is 61.3 Å². The first-order valence-corrected chi connectivity index (χ1v) is 7.90. The van der Waals surface area contributed by atoms with Gasteiger partial charge in [0.05, 0.1) is 0 Å². The molecule has 21 heavy (non-hydrogen) atoms. The zero-order valence-electron chi connectivity index (χ0n) is 13.9. The molecule has 1 aromatic rings. The van der Waals surface area contributed by atoms with E-state index in [4.69, 9.17) is 0 Å². The molecule has 0 aromatic heterocycles. The first-order chi connectivity index (χ1) is 9.80. The van der Waals surface area contributed by atoms with Crippen LogP contribution in [0.15, 0.2) is 18.2 Å². The summed E-state index contributed by atoms with van der Waals surface area (Å²) in [5, 5.41) is 6.35. The van der Waals surface area contributed by atoms with E-state index in [0.29, 0.717) is 11.5 Å². The van der Waals surface area contributed by atoms with Gasteiger partial charge < -0.3 is 10.6 Å². The second-order valence-corrected chi connectivity index (χ2v) is 7.36. The number of benzene rings is 1. The number of anilines is 1. The van der Waals surface area contributed by atoms with Crippen molar-refractivity contribution in [1.29, 1.82) is 0 Å². The number of carbonyl (C=O) groups excluding carboxylic acids is 1. The molecule has 0 radical (unpaired) electrons. The molecule has 2 N–H and O–H groups in total. The van der Waals surface area contributed by atoms with Gasteiger partial charge in [0, 0.05) is 24.3 Å². The third kappa shape index (κ3) is 3.99. The van der Waals surface area contributed by atoms with Gasteiger partial charge >= 0.3 is 0 Å². The van der Waals surface area contributed by atoms with E-state index in [2.05, 4.69) is 38.3 Å². The minimum Gasteiger partial charge on any atom is -0.382 e. The van der Waals surface area contributed by atoms with Crippen LogP contribution in [0.25, 0.3) is 0 Å². The van der Waals surface area contributed by atoms with Gasteiger partial charge in [0.25, 0.3) is 5.91 Å². The Balaban J connectivity index is 2.11. The third-order valence-electron chi connectivity index (χ3n) is 4.46. The quantitative estimate of drug-likeness (QED) is 0.883. The Labute approximate surface area is 128 Å². The van der Waals surface area contributed by atoms with Gasteiger partial charge in [-0.1, -0.05) is 20.8 Å². The second-order valence-electron chi connectivity index (χ2n) is 7.36. The largest absolute Gasteiger partial charge is 0.382 e. The molecule has 0 spiro atoms. The summed E-state index contributed by atoms with van der Waals surface area (Å²) in [7, 11) is 1.66. The molecule has 1 aromatic carbocycles. The van der Waals surface area contributed by atoms with Crippen molar-refractivity contribution in [2.75, 3.05) is 12.4 Å². The van der Waals surface area contributed by atoms with Crippen LogP contribution in [-0.4, -0.2) is 19.0 Å². The monoisotopic (exact) mass is 288 g/mol. The van der Waals surface area contributed by atoms with Crippen molar-refractivity contribution >= 4 is 11.6 Å². The fourth-order valence-electron chi connectivity index (χ4n) is 3.79. The van der Waals surface area contributed by atoms with Crippen molar-refractivity contribution in [1.82, 2.24) is 5.32 Å². The van der Waals surface area contributed by atoms with Gasteiger partial charge in [-0.15, -0.1) is 0 Å². The summed E-state index contributed by atoms with van der Waals surface area (Å²) in [6, 6.07) is 6.41. The molecule has 0 aliphatic heterocycles. The molecule has 2 atom stereocenters. The summed E-state index contributed by atoms with van der Waals surface area (Å²) >= 11 is 0. The molecular formula is C18H28N2O. The predicted octanol–water partition coefficient (Wildman–Crippen LogP) is 3.98. The van der Waals surface area contributed by atoms with Gasteiger partial charge in [0.2, 0.25) is 0 Å². The van der Waals surface area contributed by atoms with Crippen molar-refractivity contribution < 1.29 is 4.79 Å². The van der Waals surface area contributed by atoms with Crippen LogP contribution in [-0.2, 0) is 0 Å². The number of amides is 1. The Morgan fingerprint density at radius 2 is 2.00 bits per heavy atom. The Bertz CT molecular complexity index is 522. The maximum absolute atomic E-state index is 11.7. The number of carbonyl (C=O) groups is 1. The summed E-state index contributed by atoms with van der Waals surface area (Å²) in [6.45, 7) is 9.13. The van der Waals surface area contributed by atoms with Crippen molar-refractivity contribution in [3.63, 3.8) is 0 Å². The van der Waals surface area contributed by atoms with Crippen molar-refractivity contribution in [2.45, 2.75) is 53.0 Å². The smallest absolute Gasteiger partial charge is 0.251 e. The van der Waals surface area contributed by atoms with Crippen LogP contribution < -0.4 is 10.6 Å². The molecule has 1 aliphatic rings. The lowest BCUT2D eigenvalue weighted by atomic mass is 9.70. The fourth-order valence-corrected chi connectivity index (χ4v) is 3.79. The van der Waals surface area contributed by atoms with E-state index in [0.717, 1.165) is 22.7 Å². The van der Waals surface area contributed by atoms with Crippen LogP contribution >= 0.6 is 0 Å². The van der Waals surface area contributed by atoms with Crippen molar-refractivity contribution in [3.05, 3.63) is 29.3 Å².